The van der Waals surface area contributed by atoms with Gasteiger partial charge in [0.05, 0.1) is 7.11 Å². The van der Waals surface area contributed by atoms with E-state index in [1.807, 2.05) is 42.5 Å². The molecule has 1 aliphatic rings. The molecule has 0 bridgehead atoms. The highest BCUT2D eigenvalue weighted by atomic mass is 16.5. The molecule has 0 spiro atoms. The lowest BCUT2D eigenvalue weighted by Gasteiger charge is -2.35. The van der Waals surface area contributed by atoms with Crippen molar-refractivity contribution in [3.05, 3.63) is 71.4 Å². The first-order chi connectivity index (χ1) is 11.3. The number of para-hydroxylation sites is 1. The van der Waals surface area contributed by atoms with Gasteiger partial charge in [-0.15, -0.1) is 0 Å². The summed E-state index contributed by atoms with van der Waals surface area (Å²) < 4.78 is 5.24. The zero-order valence-corrected chi connectivity index (χ0v) is 13.1. The summed E-state index contributed by atoms with van der Waals surface area (Å²) >= 11 is 0. The van der Waals surface area contributed by atoms with Crippen molar-refractivity contribution in [2.24, 2.45) is 0 Å². The second-order valence-electron chi connectivity index (χ2n) is 6.14. The zero-order chi connectivity index (χ0) is 15.9. The Labute approximate surface area is 135 Å². The van der Waals surface area contributed by atoms with E-state index in [-0.39, 0.29) is 5.97 Å². The van der Waals surface area contributed by atoms with E-state index in [2.05, 4.69) is 17.1 Å². The van der Waals surface area contributed by atoms with Gasteiger partial charge in [-0.3, -0.25) is 4.79 Å². The third-order valence-electron chi connectivity index (χ3n) is 5.02. The molecule has 1 aliphatic carbocycles. The van der Waals surface area contributed by atoms with Crippen LogP contribution in [0.2, 0.25) is 0 Å². The third-order valence-corrected chi connectivity index (χ3v) is 5.02. The van der Waals surface area contributed by atoms with E-state index in [0.29, 0.717) is 0 Å². The molecule has 0 aliphatic heterocycles. The van der Waals surface area contributed by atoms with E-state index in [1.54, 1.807) is 0 Å². The quantitative estimate of drug-likeness (QED) is 0.728. The summed E-state index contributed by atoms with van der Waals surface area (Å²) in [4.78, 5) is 16.4. The highest BCUT2D eigenvalue weighted by Gasteiger charge is 2.47. The number of hydrogen-bond acceptors (Lipinski definition) is 2. The van der Waals surface area contributed by atoms with Gasteiger partial charge in [0.2, 0.25) is 0 Å². The van der Waals surface area contributed by atoms with E-state index < -0.39 is 5.41 Å². The molecule has 1 atom stereocenters. The number of aromatic amines is 1. The Hall–Kier alpha value is -2.55. The maximum absolute atomic E-state index is 12.9. The van der Waals surface area contributed by atoms with Gasteiger partial charge in [0.15, 0.2) is 0 Å². The molecule has 23 heavy (non-hydrogen) atoms. The number of aryl methyl sites for hydroxylation is 1. The van der Waals surface area contributed by atoms with Crippen LogP contribution in [0.15, 0.2) is 54.6 Å². The number of esters is 1. The number of rotatable bonds is 2. The van der Waals surface area contributed by atoms with Gasteiger partial charge in [0, 0.05) is 16.6 Å². The molecule has 3 aromatic rings. The van der Waals surface area contributed by atoms with E-state index in [4.69, 9.17) is 4.74 Å². The number of H-pyrrole nitrogens is 1. The van der Waals surface area contributed by atoms with Gasteiger partial charge in [-0.2, -0.15) is 0 Å². The molecule has 1 aromatic heterocycles. The first kappa shape index (κ1) is 14.1. The molecular weight excluding hydrogens is 286 g/mol. The second kappa shape index (κ2) is 5.27. The van der Waals surface area contributed by atoms with Crippen molar-refractivity contribution >= 4 is 16.9 Å². The molecule has 116 valence electrons. The van der Waals surface area contributed by atoms with Crippen molar-refractivity contribution in [2.45, 2.75) is 24.7 Å². The van der Waals surface area contributed by atoms with Crippen LogP contribution < -0.4 is 0 Å². The van der Waals surface area contributed by atoms with Crippen LogP contribution in [0.3, 0.4) is 0 Å². The number of aromatic nitrogens is 1. The van der Waals surface area contributed by atoms with Gasteiger partial charge in [0.1, 0.15) is 5.41 Å². The van der Waals surface area contributed by atoms with Crippen molar-refractivity contribution in [3.8, 4) is 0 Å². The van der Waals surface area contributed by atoms with Gasteiger partial charge >= 0.3 is 5.97 Å². The molecule has 1 heterocycles. The number of ether oxygens (including phenoxy) is 1. The van der Waals surface area contributed by atoms with Gasteiger partial charge < -0.3 is 9.72 Å². The van der Waals surface area contributed by atoms with Crippen LogP contribution in [0.4, 0.5) is 0 Å². The molecule has 3 heteroatoms. The number of methoxy groups -OCH3 is 1. The Morgan fingerprint density at radius 3 is 2.61 bits per heavy atom. The zero-order valence-electron chi connectivity index (χ0n) is 13.1. The molecule has 0 saturated heterocycles. The fraction of sp³-hybridized carbons (Fsp3) is 0.250. The Morgan fingerprint density at radius 1 is 1.09 bits per heavy atom. The minimum absolute atomic E-state index is 0.184. The molecule has 0 unspecified atom stereocenters. The minimum atomic E-state index is -0.734. The maximum Gasteiger partial charge on any atom is 0.322 e. The molecule has 2 aromatic carbocycles. The van der Waals surface area contributed by atoms with Gasteiger partial charge in [-0.05, 0) is 36.5 Å². The van der Waals surface area contributed by atoms with E-state index in [1.165, 1.54) is 18.1 Å². The Morgan fingerprint density at radius 2 is 1.83 bits per heavy atom. The number of carbonyl (C=O) groups excluding carboxylic acids is 1. The minimum Gasteiger partial charge on any atom is -0.468 e. The summed E-state index contributed by atoms with van der Waals surface area (Å²) in [7, 11) is 1.48. The smallest absolute Gasteiger partial charge is 0.322 e. The molecule has 1 N–H and O–H groups in total. The summed E-state index contributed by atoms with van der Waals surface area (Å²) in [5, 5.41) is 1.21. The highest BCUT2D eigenvalue weighted by molar-refractivity contribution is 5.93. The fourth-order valence-electron chi connectivity index (χ4n) is 3.99. The first-order valence-electron chi connectivity index (χ1n) is 8.01. The number of hydrogen-bond donors (Lipinski definition) is 1. The van der Waals surface area contributed by atoms with Gasteiger partial charge in [-0.25, -0.2) is 0 Å². The van der Waals surface area contributed by atoms with Crippen molar-refractivity contribution < 1.29 is 9.53 Å². The van der Waals surface area contributed by atoms with Crippen LogP contribution >= 0.6 is 0 Å². The largest absolute Gasteiger partial charge is 0.468 e. The predicted molar refractivity (Wildman–Crippen MR) is 90.5 cm³/mol. The number of nitrogens with one attached hydrogen (secondary N) is 1. The summed E-state index contributed by atoms with van der Waals surface area (Å²) in [6.07, 6.45) is 2.73. The molecule has 0 saturated carbocycles. The lowest BCUT2D eigenvalue weighted by atomic mass is 9.68. The van der Waals surface area contributed by atoms with Crippen molar-refractivity contribution in [3.63, 3.8) is 0 Å². The lowest BCUT2D eigenvalue weighted by molar-refractivity contribution is -0.146. The van der Waals surface area contributed by atoms with Crippen molar-refractivity contribution in [1.82, 2.24) is 4.98 Å². The predicted octanol–water partition coefficient (Wildman–Crippen LogP) is 3.96. The van der Waals surface area contributed by atoms with Crippen LogP contribution in [-0.2, 0) is 21.4 Å². The standard InChI is InChI=1S/C20H19NO2/c1-23-19(22)20(14-8-3-2-4-9-14)13-7-11-16-15-10-5-6-12-17(15)21-18(16)20/h2-6,8-10,12,21H,7,11,13H2,1H3/t20-/m0/s1. The highest BCUT2D eigenvalue weighted by Crippen LogP contribution is 2.45. The summed E-state index contributed by atoms with van der Waals surface area (Å²) in [5.74, 6) is -0.184. The van der Waals surface area contributed by atoms with E-state index in [0.717, 1.165) is 36.0 Å². The lowest BCUT2D eigenvalue weighted by Crippen LogP contribution is -2.41. The van der Waals surface area contributed by atoms with E-state index >= 15 is 0 Å². The van der Waals surface area contributed by atoms with Crippen LogP contribution in [-0.4, -0.2) is 18.1 Å². The fourth-order valence-corrected chi connectivity index (χ4v) is 3.99. The number of carbonyl (C=O) groups is 1. The monoisotopic (exact) mass is 305 g/mol. The molecule has 4 rings (SSSR count). The summed E-state index contributed by atoms with van der Waals surface area (Å²) in [6, 6.07) is 18.3. The van der Waals surface area contributed by atoms with E-state index in [9.17, 15) is 4.79 Å². The molecule has 0 fully saturated rings. The van der Waals surface area contributed by atoms with Gasteiger partial charge in [-0.1, -0.05) is 48.5 Å². The summed E-state index contributed by atoms with van der Waals surface area (Å²) in [6.45, 7) is 0. The Balaban J connectivity index is 2.05. The topological polar surface area (TPSA) is 42.1 Å². The average Bonchev–Trinajstić information content (AvgIpc) is 3.01. The van der Waals surface area contributed by atoms with Crippen molar-refractivity contribution in [2.75, 3.05) is 7.11 Å². The SMILES string of the molecule is COC(=O)[C@]1(c2ccccc2)CCCc2c1[nH]c1ccccc21. The molecule has 3 nitrogen and oxygen atoms in total. The third kappa shape index (κ3) is 1.93. The molecule has 0 amide bonds. The maximum atomic E-state index is 12.9. The number of benzene rings is 2. The second-order valence-corrected chi connectivity index (χ2v) is 6.14. The van der Waals surface area contributed by atoms with Crippen LogP contribution in [0.25, 0.3) is 10.9 Å². The van der Waals surface area contributed by atoms with Crippen molar-refractivity contribution in [1.29, 1.82) is 0 Å². The van der Waals surface area contributed by atoms with Crippen LogP contribution in [0, 0.1) is 0 Å². The molecule has 0 radical (unpaired) electrons. The van der Waals surface area contributed by atoms with Gasteiger partial charge in [0.25, 0.3) is 0 Å². The normalized spacial score (nSPS) is 20.2. The Bertz CT molecular complexity index is 866. The average molecular weight is 305 g/mol. The number of fused-ring (bicyclic) bond motifs is 3. The van der Waals surface area contributed by atoms with Crippen LogP contribution in [0.1, 0.15) is 29.7 Å². The first-order valence-corrected chi connectivity index (χ1v) is 8.01. The van der Waals surface area contributed by atoms with Crippen LogP contribution in [0.5, 0.6) is 0 Å². The molecular formula is C20H19NO2. The Kier molecular flexibility index (Phi) is 3.22. The summed E-state index contributed by atoms with van der Waals surface area (Å²) in [5.41, 5.74) is 3.61.